The van der Waals surface area contributed by atoms with Gasteiger partial charge in [0.1, 0.15) is 0 Å². The largest absolute Gasteiger partial charge is 0.416 e. The van der Waals surface area contributed by atoms with Crippen molar-refractivity contribution < 1.29 is 22.8 Å². The summed E-state index contributed by atoms with van der Waals surface area (Å²) in [6.45, 7) is 3.97. The van der Waals surface area contributed by atoms with Gasteiger partial charge in [-0.15, -0.1) is 17.0 Å². The highest BCUT2D eigenvalue weighted by Gasteiger charge is 2.34. The number of nitrogens with zero attached hydrogens (tertiary/aromatic N) is 1. The Morgan fingerprint density at radius 1 is 1.11 bits per heavy atom. The Hall–Kier alpha value is -2.52. The quantitative estimate of drug-likeness (QED) is 0.429. The van der Waals surface area contributed by atoms with Crippen LogP contribution in [0.15, 0.2) is 53.5 Å². The first-order valence-electron chi connectivity index (χ1n) is 11.6. The molecular weight excluding hydrogens is 523 g/mol. The number of Topliss-reactive ketones (excluding diaryl/α,β-unsaturated/α-hetero) is 1. The molecule has 0 aliphatic carbocycles. The van der Waals surface area contributed by atoms with Crippen LogP contribution >= 0.6 is 17.0 Å². The first-order chi connectivity index (χ1) is 16.2. The Balaban J connectivity index is 0.00000432. The Morgan fingerprint density at radius 3 is 2.37 bits per heavy atom. The number of benzene rings is 2. The fourth-order valence-electron chi connectivity index (χ4n) is 4.14. The van der Waals surface area contributed by atoms with Crippen molar-refractivity contribution in [1.82, 2.24) is 5.32 Å². The average molecular weight is 554 g/mol. The van der Waals surface area contributed by atoms with Crippen molar-refractivity contribution >= 4 is 34.4 Å². The van der Waals surface area contributed by atoms with Gasteiger partial charge in [-0.2, -0.15) is 13.2 Å². The zero-order valence-corrected chi connectivity index (χ0v) is 21.5. The van der Waals surface area contributed by atoms with Crippen LogP contribution in [0.5, 0.6) is 0 Å². The maximum Gasteiger partial charge on any atom is 0.416 e. The number of halogens is 4. The molecule has 2 aromatic rings. The monoisotopic (exact) mass is 553 g/mol. The van der Waals surface area contributed by atoms with Crippen LogP contribution in [-0.2, 0) is 15.8 Å². The van der Waals surface area contributed by atoms with Gasteiger partial charge < -0.3 is 11.1 Å². The molecule has 2 unspecified atom stereocenters. The van der Waals surface area contributed by atoms with Crippen LogP contribution in [0.3, 0.4) is 0 Å². The number of nitrogens with one attached hydrogen (secondary N) is 1. The summed E-state index contributed by atoms with van der Waals surface area (Å²) in [5, 5.41) is 2.75. The second kappa shape index (κ2) is 12.4. The van der Waals surface area contributed by atoms with Gasteiger partial charge in [0.25, 0.3) is 0 Å². The molecule has 1 heterocycles. The molecule has 35 heavy (non-hydrogen) atoms. The second-order valence-corrected chi connectivity index (χ2v) is 8.60. The van der Waals surface area contributed by atoms with Gasteiger partial charge in [-0.05, 0) is 24.1 Å². The highest BCUT2D eigenvalue weighted by Crippen LogP contribution is 2.32. The van der Waals surface area contributed by atoms with Crippen molar-refractivity contribution in [3.8, 4) is 0 Å². The molecule has 3 rings (SSSR count). The van der Waals surface area contributed by atoms with Crippen molar-refractivity contribution in [1.29, 1.82) is 0 Å². The molecule has 1 aliphatic heterocycles. The number of aliphatic imine (C=N–C) groups is 1. The Morgan fingerprint density at radius 2 is 1.77 bits per heavy atom. The summed E-state index contributed by atoms with van der Waals surface area (Å²) in [6.07, 6.45) is -2.16. The molecular formula is C26H31BrF3N3O2. The number of nitrogens with two attached hydrogens (primary N) is 1. The van der Waals surface area contributed by atoms with Gasteiger partial charge in [-0.25, -0.2) is 0 Å². The van der Waals surface area contributed by atoms with Crippen LogP contribution in [-0.4, -0.2) is 30.1 Å². The molecule has 3 N–H and O–H groups in total. The number of amides is 1. The number of carbonyl (C=O) groups excluding carboxylic acids is 2. The number of carbonyl (C=O) groups is 2. The lowest BCUT2D eigenvalue weighted by Gasteiger charge is -2.20. The van der Waals surface area contributed by atoms with Gasteiger partial charge in [0.05, 0.1) is 17.2 Å². The van der Waals surface area contributed by atoms with Gasteiger partial charge >= 0.3 is 6.18 Å². The summed E-state index contributed by atoms with van der Waals surface area (Å²) in [4.78, 5) is 30.8. The van der Waals surface area contributed by atoms with E-state index in [2.05, 4.69) is 17.2 Å². The fourth-order valence-corrected chi connectivity index (χ4v) is 4.14. The maximum atomic E-state index is 13.3. The number of unbranched alkanes of at least 4 members (excludes halogenated alkanes) is 2. The Bertz CT molecular complexity index is 1050. The van der Waals surface area contributed by atoms with Crippen molar-refractivity contribution in [3.05, 3.63) is 70.8 Å². The maximum absolute atomic E-state index is 13.3. The minimum atomic E-state index is -4.46. The van der Waals surface area contributed by atoms with E-state index in [1.165, 1.54) is 12.1 Å². The van der Waals surface area contributed by atoms with Crippen molar-refractivity contribution in [2.75, 3.05) is 6.54 Å². The summed E-state index contributed by atoms with van der Waals surface area (Å²) in [6, 6.07) is 11.8. The second-order valence-electron chi connectivity index (χ2n) is 8.60. The SMILES string of the molecule is Br.CCCCC[C@@H](CN)C(=O)NC1N=C(c2ccc(C(F)(F)F)cc2)c2ccccc2C(C)C1=O. The summed E-state index contributed by atoms with van der Waals surface area (Å²) >= 11 is 0. The van der Waals surface area contributed by atoms with Gasteiger partial charge in [0.2, 0.25) is 5.91 Å². The first-order valence-corrected chi connectivity index (χ1v) is 11.6. The highest BCUT2D eigenvalue weighted by molar-refractivity contribution is 8.93. The lowest BCUT2D eigenvalue weighted by Crippen LogP contribution is -2.45. The van der Waals surface area contributed by atoms with E-state index < -0.39 is 29.7 Å². The predicted octanol–water partition coefficient (Wildman–Crippen LogP) is 5.40. The molecule has 1 aliphatic rings. The normalized spacial score (nSPS) is 18.6. The predicted molar refractivity (Wildman–Crippen MR) is 136 cm³/mol. The van der Waals surface area contributed by atoms with E-state index in [4.69, 9.17) is 5.73 Å². The summed E-state index contributed by atoms with van der Waals surface area (Å²) in [5.41, 5.74) is 7.20. The highest BCUT2D eigenvalue weighted by atomic mass is 79.9. The molecule has 2 aromatic carbocycles. The molecule has 0 fully saturated rings. The van der Waals surface area contributed by atoms with Crippen molar-refractivity contribution in [2.45, 2.75) is 57.8 Å². The number of alkyl halides is 3. The Kier molecular flexibility index (Phi) is 10.2. The molecule has 0 bridgehead atoms. The average Bonchev–Trinajstić information content (AvgIpc) is 2.92. The van der Waals surface area contributed by atoms with Gasteiger partial charge in [0, 0.05) is 23.6 Å². The lowest BCUT2D eigenvalue weighted by molar-refractivity contribution is -0.137. The van der Waals surface area contributed by atoms with Crippen LogP contribution in [0, 0.1) is 5.92 Å². The number of ketones is 1. The molecule has 0 spiro atoms. The molecule has 5 nitrogen and oxygen atoms in total. The third-order valence-corrected chi connectivity index (χ3v) is 6.21. The van der Waals surface area contributed by atoms with E-state index in [0.717, 1.165) is 31.4 Å². The van der Waals surface area contributed by atoms with Gasteiger partial charge in [-0.1, -0.05) is 69.5 Å². The van der Waals surface area contributed by atoms with Crippen LogP contribution in [0.2, 0.25) is 0 Å². The molecule has 0 saturated carbocycles. The number of hydrogen-bond donors (Lipinski definition) is 2. The molecule has 0 aromatic heterocycles. The van der Waals surface area contributed by atoms with Crippen LogP contribution in [0.1, 0.15) is 67.7 Å². The van der Waals surface area contributed by atoms with Gasteiger partial charge in [-0.3, -0.25) is 14.6 Å². The fraction of sp³-hybridized carbons (Fsp3) is 0.423. The zero-order chi connectivity index (χ0) is 24.9. The first kappa shape index (κ1) is 28.7. The van der Waals surface area contributed by atoms with E-state index in [-0.39, 0.29) is 35.2 Å². The van der Waals surface area contributed by atoms with E-state index in [9.17, 15) is 22.8 Å². The minimum absolute atomic E-state index is 0. The molecule has 0 saturated heterocycles. The third-order valence-electron chi connectivity index (χ3n) is 6.21. The van der Waals surface area contributed by atoms with E-state index >= 15 is 0 Å². The van der Waals surface area contributed by atoms with Gasteiger partial charge in [0.15, 0.2) is 11.9 Å². The lowest BCUT2D eigenvalue weighted by atomic mass is 9.89. The number of fused-ring (bicyclic) bond motifs is 1. The standard InChI is InChI=1S/C26H30F3N3O2.BrH/c1-3-4-5-8-18(15-30)25(34)32-24-23(33)16(2)20-9-6-7-10-21(20)22(31-24)17-11-13-19(14-12-17)26(27,28)29;/h6-7,9-14,16,18,24H,3-5,8,15,30H2,1-2H3,(H,32,34);1H/t16?,18-,24?;/m0./s1. The molecule has 0 radical (unpaired) electrons. The van der Waals surface area contributed by atoms with E-state index in [0.29, 0.717) is 28.8 Å². The Labute approximate surface area is 214 Å². The molecule has 190 valence electrons. The van der Waals surface area contributed by atoms with Crippen molar-refractivity contribution in [3.63, 3.8) is 0 Å². The van der Waals surface area contributed by atoms with E-state index in [1.54, 1.807) is 31.2 Å². The zero-order valence-electron chi connectivity index (χ0n) is 19.8. The molecule has 3 atom stereocenters. The van der Waals surface area contributed by atoms with Crippen LogP contribution < -0.4 is 11.1 Å². The van der Waals surface area contributed by atoms with E-state index in [1.807, 2.05) is 0 Å². The number of hydrogen-bond acceptors (Lipinski definition) is 4. The van der Waals surface area contributed by atoms with Crippen molar-refractivity contribution in [2.24, 2.45) is 16.6 Å². The summed E-state index contributed by atoms with van der Waals surface area (Å²) < 4.78 is 39.2. The van der Waals surface area contributed by atoms with Crippen LogP contribution in [0.4, 0.5) is 13.2 Å². The smallest absolute Gasteiger partial charge is 0.330 e. The summed E-state index contributed by atoms with van der Waals surface area (Å²) in [5.74, 6) is -1.63. The molecule has 1 amide bonds. The topological polar surface area (TPSA) is 84.6 Å². The minimum Gasteiger partial charge on any atom is -0.330 e. The third kappa shape index (κ3) is 6.79. The molecule has 9 heteroatoms. The van der Waals surface area contributed by atoms with Crippen LogP contribution in [0.25, 0.3) is 0 Å². The summed E-state index contributed by atoms with van der Waals surface area (Å²) in [7, 11) is 0. The number of rotatable bonds is 8.